The summed E-state index contributed by atoms with van der Waals surface area (Å²) in [6.07, 6.45) is 11.5. The Hall–Kier alpha value is -0.0800. The van der Waals surface area contributed by atoms with Crippen LogP contribution in [-0.4, -0.2) is 30.6 Å². The molecule has 2 heteroatoms. The molecule has 1 saturated carbocycles. The summed E-state index contributed by atoms with van der Waals surface area (Å²) < 4.78 is 0. The maximum atomic E-state index is 5.93. The van der Waals surface area contributed by atoms with Gasteiger partial charge < -0.3 is 5.73 Å². The number of hydrogen-bond acceptors (Lipinski definition) is 2. The van der Waals surface area contributed by atoms with E-state index < -0.39 is 0 Å². The lowest BCUT2D eigenvalue weighted by Crippen LogP contribution is -2.40. The Morgan fingerprint density at radius 1 is 1.00 bits per heavy atom. The Morgan fingerprint density at radius 2 is 1.67 bits per heavy atom. The maximum absolute atomic E-state index is 5.93. The first-order chi connectivity index (χ1) is 7.40. The second kappa shape index (κ2) is 5.86. The van der Waals surface area contributed by atoms with Crippen molar-refractivity contribution in [3.63, 3.8) is 0 Å². The third-order valence-corrected chi connectivity index (χ3v) is 4.26. The van der Waals surface area contributed by atoms with E-state index in [-0.39, 0.29) is 0 Å². The number of nitrogens with zero attached hydrogens (tertiary/aromatic N) is 1. The number of hydrogen-bond donors (Lipinski definition) is 1. The standard InChI is InChI=1S/C13H26N2/c14-11-13(15-8-4-5-9-15)10-12-6-2-1-3-7-12/h12-13H,1-11,14H2. The highest BCUT2D eigenvalue weighted by Gasteiger charge is 2.24. The Morgan fingerprint density at radius 3 is 2.27 bits per heavy atom. The first-order valence-corrected chi connectivity index (χ1v) is 6.84. The first kappa shape index (κ1) is 11.4. The summed E-state index contributed by atoms with van der Waals surface area (Å²) >= 11 is 0. The molecular formula is C13H26N2. The lowest BCUT2D eigenvalue weighted by Gasteiger charge is -2.31. The predicted octanol–water partition coefficient (Wildman–Crippen LogP) is 2.38. The van der Waals surface area contributed by atoms with Gasteiger partial charge in [-0.05, 0) is 38.3 Å². The van der Waals surface area contributed by atoms with Crippen molar-refractivity contribution < 1.29 is 0 Å². The van der Waals surface area contributed by atoms with Crippen molar-refractivity contribution in [3.05, 3.63) is 0 Å². The van der Waals surface area contributed by atoms with Crippen LogP contribution >= 0.6 is 0 Å². The largest absolute Gasteiger partial charge is 0.329 e. The van der Waals surface area contributed by atoms with E-state index in [2.05, 4.69) is 4.90 Å². The van der Waals surface area contributed by atoms with Gasteiger partial charge in [0.15, 0.2) is 0 Å². The van der Waals surface area contributed by atoms with Crippen molar-refractivity contribution in [2.75, 3.05) is 19.6 Å². The molecule has 1 aliphatic heterocycles. The van der Waals surface area contributed by atoms with Gasteiger partial charge in [-0.3, -0.25) is 4.90 Å². The molecule has 0 aromatic heterocycles. The Labute approximate surface area is 94.2 Å². The van der Waals surface area contributed by atoms with E-state index in [1.54, 1.807) is 0 Å². The fraction of sp³-hybridized carbons (Fsp3) is 1.00. The molecule has 0 aromatic carbocycles. The van der Waals surface area contributed by atoms with Gasteiger partial charge in [0.05, 0.1) is 0 Å². The molecule has 88 valence electrons. The minimum Gasteiger partial charge on any atom is -0.329 e. The summed E-state index contributed by atoms with van der Waals surface area (Å²) in [6.45, 7) is 3.47. The molecule has 1 unspecified atom stereocenters. The molecule has 0 amide bonds. The number of rotatable bonds is 4. The van der Waals surface area contributed by atoms with E-state index in [0.717, 1.165) is 12.5 Å². The molecule has 2 fully saturated rings. The van der Waals surface area contributed by atoms with Gasteiger partial charge in [-0.2, -0.15) is 0 Å². The molecule has 0 bridgehead atoms. The molecule has 0 aromatic rings. The van der Waals surface area contributed by atoms with Crippen LogP contribution in [0, 0.1) is 5.92 Å². The van der Waals surface area contributed by atoms with Crippen LogP contribution < -0.4 is 5.73 Å². The van der Waals surface area contributed by atoms with Gasteiger partial charge in [-0.1, -0.05) is 32.1 Å². The minimum atomic E-state index is 0.690. The van der Waals surface area contributed by atoms with E-state index in [1.807, 2.05) is 0 Å². The van der Waals surface area contributed by atoms with Gasteiger partial charge in [-0.15, -0.1) is 0 Å². The van der Waals surface area contributed by atoms with Crippen molar-refractivity contribution in [1.29, 1.82) is 0 Å². The number of nitrogens with two attached hydrogens (primary N) is 1. The van der Waals surface area contributed by atoms with Crippen LogP contribution in [0.3, 0.4) is 0 Å². The summed E-state index contributed by atoms with van der Waals surface area (Å²) in [7, 11) is 0. The van der Waals surface area contributed by atoms with Crippen molar-refractivity contribution >= 4 is 0 Å². The van der Waals surface area contributed by atoms with E-state index in [0.29, 0.717) is 6.04 Å². The molecule has 15 heavy (non-hydrogen) atoms. The summed E-state index contributed by atoms with van der Waals surface area (Å²) in [4.78, 5) is 2.63. The molecule has 2 N–H and O–H groups in total. The zero-order chi connectivity index (χ0) is 10.5. The summed E-state index contributed by atoms with van der Waals surface area (Å²) in [5.74, 6) is 0.980. The quantitative estimate of drug-likeness (QED) is 0.772. The van der Waals surface area contributed by atoms with E-state index in [1.165, 1.54) is 64.5 Å². The topological polar surface area (TPSA) is 29.3 Å². The molecule has 1 aliphatic carbocycles. The van der Waals surface area contributed by atoms with Gasteiger partial charge in [0.1, 0.15) is 0 Å². The van der Waals surface area contributed by atoms with Crippen molar-refractivity contribution in [1.82, 2.24) is 4.90 Å². The van der Waals surface area contributed by atoms with E-state index in [9.17, 15) is 0 Å². The van der Waals surface area contributed by atoms with Crippen LogP contribution in [0.1, 0.15) is 51.4 Å². The monoisotopic (exact) mass is 210 g/mol. The van der Waals surface area contributed by atoms with Crippen LogP contribution in [0.2, 0.25) is 0 Å². The molecule has 1 heterocycles. The first-order valence-electron chi connectivity index (χ1n) is 6.84. The molecule has 0 spiro atoms. The predicted molar refractivity (Wildman–Crippen MR) is 64.8 cm³/mol. The third kappa shape index (κ3) is 3.18. The van der Waals surface area contributed by atoms with Crippen LogP contribution in [0.4, 0.5) is 0 Å². The highest BCUT2D eigenvalue weighted by Crippen LogP contribution is 2.29. The molecule has 2 aliphatic rings. The Bertz CT molecular complexity index is 169. The maximum Gasteiger partial charge on any atom is 0.0221 e. The molecular weight excluding hydrogens is 184 g/mol. The minimum absolute atomic E-state index is 0.690. The molecule has 2 rings (SSSR count). The van der Waals surface area contributed by atoms with Gasteiger partial charge in [0.25, 0.3) is 0 Å². The fourth-order valence-electron chi connectivity index (χ4n) is 3.31. The fourth-order valence-corrected chi connectivity index (χ4v) is 3.31. The van der Waals surface area contributed by atoms with Crippen molar-refractivity contribution in [2.45, 2.75) is 57.4 Å². The van der Waals surface area contributed by atoms with Crippen LogP contribution in [0.15, 0.2) is 0 Å². The molecule has 2 nitrogen and oxygen atoms in total. The van der Waals surface area contributed by atoms with Crippen LogP contribution in [0.25, 0.3) is 0 Å². The van der Waals surface area contributed by atoms with Gasteiger partial charge in [-0.25, -0.2) is 0 Å². The average Bonchev–Trinajstić information content (AvgIpc) is 2.81. The van der Waals surface area contributed by atoms with Crippen LogP contribution in [0.5, 0.6) is 0 Å². The Kier molecular flexibility index (Phi) is 4.45. The van der Waals surface area contributed by atoms with E-state index in [4.69, 9.17) is 5.73 Å². The second-order valence-electron chi connectivity index (χ2n) is 5.37. The molecule has 1 atom stereocenters. The van der Waals surface area contributed by atoms with E-state index >= 15 is 0 Å². The smallest absolute Gasteiger partial charge is 0.0221 e. The van der Waals surface area contributed by atoms with Crippen molar-refractivity contribution in [2.24, 2.45) is 11.7 Å². The zero-order valence-corrected chi connectivity index (χ0v) is 9.96. The molecule has 1 saturated heterocycles. The van der Waals surface area contributed by atoms with Gasteiger partial charge in [0.2, 0.25) is 0 Å². The highest BCUT2D eigenvalue weighted by atomic mass is 15.2. The summed E-state index contributed by atoms with van der Waals surface area (Å²) in [6, 6.07) is 0.690. The van der Waals surface area contributed by atoms with Crippen molar-refractivity contribution in [3.8, 4) is 0 Å². The lowest BCUT2D eigenvalue weighted by molar-refractivity contribution is 0.191. The van der Waals surface area contributed by atoms with Crippen LogP contribution in [-0.2, 0) is 0 Å². The zero-order valence-electron chi connectivity index (χ0n) is 9.96. The normalized spacial score (nSPS) is 27.0. The summed E-state index contributed by atoms with van der Waals surface area (Å²) in [5.41, 5.74) is 5.93. The van der Waals surface area contributed by atoms with Gasteiger partial charge in [0, 0.05) is 12.6 Å². The highest BCUT2D eigenvalue weighted by molar-refractivity contribution is 4.80. The van der Waals surface area contributed by atoms with Gasteiger partial charge >= 0.3 is 0 Å². The SMILES string of the molecule is NCC(CC1CCCCC1)N1CCCC1. The Balaban J connectivity index is 1.78. The summed E-state index contributed by atoms with van der Waals surface area (Å²) in [5, 5.41) is 0. The molecule has 0 radical (unpaired) electrons. The number of likely N-dealkylation sites (tertiary alicyclic amines) is 1. The third-order valence-electron chi connectivity index (χ3n) is 4.26. The lowest BCUT2D eigenvalue weighted by atomic mass is 9.84. The average molecular weight is 210 g/mol. The second-order valence-corrected chi connectivity index (χ2v) is 5.37.